The van der Waals surface area contributed by atoms with Crippen LogP contribution in [0.3, 0.4) is 0 Å². The Kier molecular flexibility index (Phi) is 4.93. The van der Waals surface area contributed by atoms with Gasteiger partial charge >= 0.3 is 0 Å². The van der Waals surface area contributed by atoms with E-state index in [2.05, 4.69) is 71.5 Å². The van der Waals surface area contributed by atoms with Crippen LogP contribution in [0.25, 0.3) is 10.9 Å². The summed E-state index contributed by atoms with van der Waals surface area (Å²) in [6.07, 6.45) is 4.73. The minimum Gasteiger partial charge on any atom is -1.00 e. The Morgan fingerprint density at radius 3 is 2.65 bits per heavy atom. The average Bonchev–Trinajstić information content (AvgIpc) is 2.58. The van der Waals surface area contributed by atoms with Crippen LogP contribution >= 0.6 is 11.8 Å². The number of para-hydroxylation sites is 2. The van der Waals surface area contributed by atoms with Crippen molar-refractivity contribution in [2.45, 2.75) is 36.1 Å². The maximum atomic E-state index is 3.63. The molecule has 0 saturated carbocycles. The number of pyridine rings is 1. The second-order valence-electron chi connectivity index (χ2n) is 5.66. The summed E-state index contributed by atoms with van der Waals surface area (Å²) in [6.45, 7) is 3.32. The number of hydrogen-bond acceptors (Lipinski definition) is 2. The van der Waals surface area contributed by atoms with E-state index in [0.29, 0.717) is 0 Å². The number of nitrogens with zero attached hydrogens (tertiary/aromatic N) is 1. The first-order valence-corrected chi connectivity index (χ1v) is 8.67. The highest BCUT2D eigenvalue weighted by atomic mass is 79.9. The third-order valence-electron chi connectivity index (χ3n) is 4.12. The van der Waals surface area contributed by atoms with E-state index < -0.39 is 0 Å². The van der Waals surface area contributed by atoms with Crippen LogP contribution in [0.4, 0.5) is 11.4 Å². The van der Waals surface area contributed by atoms with Gasteiger partial charge in [-0.1, -0.05) is 49.4 Å². The standard InChI is InChI=1S/C19H18N2S.BrH/c1-2-3-12-21-13-18-19(14-8-4-6-10-16(14)21)20-15-9-5-7-11-17(15)22-18;/h4-11,13H,2-3,12H2,1H3;1H. The highest BCUT2D eigenvalue weighted by Crippen LogP contribution is 2.45. The molecule has 2 nitrogen and oxygen atoms in total. The topological polar surface area (TPSA) is 15.9 Å². The Hall–Kier alpha value is -1.52. The normalized spacial score (nSPS) is 12.0. The summed E-state index contributed by atoms with van der Waals surface area (Å²) in [6, 6.07) is 17.2. The van der Waals surface area contributed by atoms with E-state index in [9.17, 15) is 0 Å². The van der Waals surface area contributed by atoms with E-state index in [4.69, 9.17) is 0 Å². The van der Waals surface area contributed by atoms with Gasteiger partial charge in [-0.25, -0.2) is 0 Å². The summed E-state index contributed by atoms with van der Waals surface area (Å²) in [4.78, 5) is 2.61. The van der Waals surface area contributed by atoms with Crippen LogP contribution in [-0.4, -0.2) is 0 Å². The van der Waals surface area contributed by atoms with Gasteiger partial charge in [0, 0.05) is 17.4 Å². The minimum absolute atomic E-state index is 0. The predicted octanol–water partition coefficient (Wildman–Crippen LogP) is 2.14. The Bertz CT molecular complexity index is 848. The summed E-state index contributed by atoms with van der Waals surface area (Å²) in [7, 11) is 0. The molecule has 0 aliphatic carbocycles. The van der Waals surface area contributed by atoms with Gasteiger partial charge in [0.25, 0.3) is 0 Å². The maximum Gasteiger partial charge on any atom is 0.214 e. The second-order valence-corrected chi connectivity index (χ2v) is 6.74. The van der Waals surface area contributed by atoms with Crippen molar-refractivity contribution in [3.05, 3.63) is 54.7 Å². The lowest BCUT2D eigenvalue weighted by atomic mass is 10.1. The quantitative estimate of drug-likeness (QED) is 0.542. The Morgan fingerprint density at radius 2 is 1.78 bits per heavy atom. The lowest BCUT2D eigenvalue weighted by Crippen LogP contribution is -3.00. The minimum atomic E-state index is 0. The van der Waals surface area contributed by atoms with Crippen molar-refractivity contribution in [1.29, 1.82) is 0 Å². The van der Waals surface area contributed by atoms with Gasteiger partial charge in [-0.05, 0) is 18.2 Å². The fourth-order valence-corrected chi connectivity index (χ4v) is 4.03. The number of anilines is 2. The number of nitrogens with one attached hydrogen (secondary N) is 1. The summed E-state index contributed by atoms with van der Waals surface area (Å²) in [5.74, 6) is 0. The van der Waals surface area contributed by atoms with Crippen molar-refractivity contribution in [2.75, 3.05) is 5.32 Å². The third kappa shape index (κ3) is 2.98. The first-order chi connectivity index (χ1) is 10.9. The molecule has 1 N–H and O–H groups in total. The van der Waals surface area contributed by atoms with Crippen LogP contribution in [0.15, 0.2) is 64.5 Å². The van der Waals surface area contributed by atoms with Crippen molar-refractivity contribution >= 4 is 34.0 Å². The molecule has 0 radical (unpaired) electrons. The molecule has 3 aromatic rings. The van der Waals surface area contributed by atoms with Crippen LogP contribution in [0.2, 0.25) is 0 Å². The van der Waals surface area contributed by atoms with Gasteiger partial charge in [0.1, 0.15) is 11.4 Å². The number of unbranched alkanes of at least 4 members (excludes halogenated alkanes) is 1. The highest BCUT2D eigenvalue weighted by molar-refractivity contribution is 7.99. The van der Waals surface area contributed by atoms with Crippen LogP contribution in [0.5, 0.6) is 0 Å². The van der Waals surface area contributed by atoms with E-state index in [-0.39, 0.29) is 17.0 Å². The number of benzene rings is 2. The van der Waals surface area contributed by atoms with Gasteiger partial charge in [0.2, 0.25) is 5.52 Å². The predicted molar refractivity (Wildman–Crippen MR) is 92.9 cm³/mol. The van der Waals surface area contributed by atoms with E-state index in [0.717, 1.165) is 6.54 Å². The number of rotatable bonds is 3. The molecular formula is C19H19BrN2S. The number of hydrogen-bond donors (Lipinski definition) is 1. The molecule has 0 atom stereocenters. The zero-order chi connectivity index (χ0) is 14.9. The largest absolute Gasteiger partial charge is 1.00 e. The van der Waals surface area contributed by atoms with E-state index >= 15 is 0 Å². The van der Waals surface area contributed by atoms with Gasteiger partial charge in [-0.3, -0.25) is 0 Å². The fraction of sp³-hybridized carbons (Fsp3) is 0.211. The molecule has 0 spiro atoms. The van der Waals surface area contributed by atoms with Crippen LogP contribution in [0.1, 0.15) is 19.8 Å². The van der Waals surface area contributed by atoms with Crippen LogP contribution in [-0.2, 0) is 6.54 Å². The summed E-state index contributed by atoms with van der Waals surface area (Å²) in [5.41, 5.74) is 3.76. The molecule has 0 fully saturated rings. The molecular weight excluding hydrogens is 368 g/mol. The molecule has 1 aliphatic rings. The maximum absolute atomic E-state index is 3.63. The van der Waals surface area contributed by atoms with Crippen molar-refractivity contribution in [3.63, 3.8) is 0 Å². The Balaban J connectivity index is 0.00000156. The molecule has 0 saturated heterocycles. The molecule has 118 valence electrons. The van der Waals surface area contributed by atoms with Crippen LogP contribution < -0.4 is 26.9 Å². The molecule has 4 rings (SSSR count). The zero-order valence-electron chi connectivity index (χ0n) is 13.1. The van der Waals surface area contributed by atoms with E-state index in [1.54, 1.807) is 0 Å². The summed E-state index contributed by atoms with van der Waals surface area (Å²) in [5, 5.41) is 4.94. The van der Waals surface area contributed by atoms with Crippen molar-refractivity contribution in [3.8, 4) is 0 Å². The lowest BCUT2D eigenvalue weighted by molar-refractivity contribution is -0.673. The highest BCUT2D eigenvalue weighted by Gasteiger charge is 2.23. The molecule has 4 heteroatoms. The molecule has 0 amide bonds. The number of fused-ring (bicyclic) bond motifs is 4. The van der Waals surface area contributed by atoms with Gasteiger partial charge in [0.15, 0.2) is 6.20 Å². The first kappa shape index (κ1) is 16.3. The molecule has 1 aromatic heterocycles. The molecule has 1 aliphatic heterocycles. The van der Waals surface area contributed by atoms with Crippen molar-refractivity contribution in [2.24, 2.45) is 0 Å². The first-order valence-electron chi connectivity index (χ1n) is 7.86. The lowest BCUT2D eigenvalue weighted by Gasteiger charge is -2.21. The van der Waals surface area contributed by atoms with Crippen LogP contribution in [0, 0.1) is 0 Å². The Morgan fingerprint density at radius 1 is 1.00 bits per heavy atom. The average molecular weight is 387 g/mol. The SMILES string of the molecule is CCCC[n+]1cc2c(c3ccccc31)Nc1ccccc1S2.[Br-]. The molecule has 2 heterocycles. The number of halogens is 1. The Labute approximate surface area is 151 Å². The molecule has 23 heavy (non-hydrogen) atoms. The van der Waals surface area contributed by atoms with Gasteiger partial charge in [-0.2, -0.15) is 4.57 Å². The summed E-state index contributed by atoms with van der Waals surface area (Å²) >= 11 is 1.86. The monoisotopic (exact) mass is 386 g/mol. The van der Waals surface area contributed by atoms with Crippen molar-refractivity contribution < 1.29 is 21.5 Å². The zero-order valence-corrected chi connectivity index (χ0v) is 15.5. The molecule has 2 aromatic carbocycles. The molecule has 0 unspecified atom stereocenters. The van der Waals surface area contributed by atoms with Crippen molar-refractivity contribution in [1.82, 2.24) is 0 Å². The number of aromatic nitrogens is 1. The van der Waals surface area contributed by atoms with Gasteiger partial charge in [0.05, 0.1) is 16.8 Å². The fourth-order valence-electron chi connectivity index (χ4n) is 2.98. The van der Waals surface area contributed by atoms with Gasteiger partial charge in [-0.15, -0.1) is 0 Å². The third-order valence-corrected chi connectivity index (χ3v) is 5.23. The summed E-state index contributed by atoms with van der Waals surface area (Å²) < 4.78 is 2.40. The second kappa shape index (κ2) is 6.93. The number of aryl methyl sites for hydroxylation is 1. The van der Waals surface area contributed by atoms with E-state index in [1.807, 2.05) is 11.8 Å². The van der Waals surface area contributed by atoms with Gasteiger partial charge < -0.3 is 22.3 Å². The molecule has 0 bridgehead atoms. The smallest absolute Gasteiger partial charge is 0.214 e. The van der Waals surface area contributed by atoms with E-state index in [1.165, 1.54) is 44.9 Å².